The Bertz CT molecular complexity index is 828. The van der Waals surface area contributed by atoms with Crippen LogP contribution >= 0.6 is 0 Å². The average Bonchev–Trinajstić information content (AvgIpc) is 2.67. The van der Waals surface area contributed by atoms with Crippen LogP contribution in [0.2, 0.25) is 0 Å². The summed E-state index contributed by atoms with van der Waals surface area (Å²) >= 11 is 0. The zero-order valence-electron chi connectivity index (χ0n) is 14.8. The largest absolute Gasteiger partial charge is 0.380 e. The molecule has 0 bridgehead atoms. The van der Waals surface area contributed by atoms with Gasteiger partial charge in [0.2, 0.25) is 0 Å². The maximum atomic E-state index is 11.5. The summed E-state index contributed by atoms with van der Waals surface area (Å²) in [4.78, 5) is 0. The van der Waals surface area contributed by atoms with Crippen molar-refractivity contribution in [2.75, 3.05) is 0 Å². The highest BCUT2D eigenvalue weighted by Crippen LogP contribution is 2.35. The third kappa shape index (κ3) is 3.89. The van der Waals surface area contributed by atoms with Gasteiger partial charge in [0.1, 0.15) is 5.60 Å². The molecule has 0 aliphatic heterocycles. The molecule has 1 unspecified atom stereocenters. The highest BCUT2D eigenvalue weighted by molar-refractivity contribution is 5.63. The quantitative estimate of drug-likeness (QED) is 0.574. The van der Waals surface area contributed by atoms with Gasteiger partial charge in [-0.1, -0.05) is 96.6 Å². The predicted molar refractivity (Wildman–Crippen MR) is 105 cm³/mol. The SMILES string of the molecule is CC(C)=CCC(O)(c1ccccc1)c1ccc(-c2ccccc2)cc1. The van der Waals surface area contributed by atoms with Crippen molar-refractivity contribution in [3.63, 3.8) is 0 Å². The second kappa shape index (κ2) is 7.50. The number of aliphatic hydroxyl groups is 1. The standard InChI is InChI=1S/C24H24O/c1-19(2)17-18-24(25,22-11-7-4-8-12-22)23-15-13-21(14-16-23)20-9-5-3-6-10-20/h3-17,25H,18H2,1-2H3. The lowest BCUT2D eigenvalue weighted by molar-refractivity contribution is 0.0839. The van der Waals surface area contributed by atoms with E-state index in [2.05, 4.69) is 44.2 Å². The lowest BCUT2D eigenvalue weighted by Crippen LogP contribution is -2.26. The Hall–Kier alpha value is -2.64. The maximum Gasteiger partial charge on any atom is 0.118 e. The molecule has 0 spiro atoms. The first-order valence-corrected chi connectivity index (χ1v) is 8.67. The molecular formula is C24H24O. The van der Waals surface area contributed by atoms with E-state index in [1.165, 1.54) is 11.1 Å². The van der Waals surface area contributed by atoms with Crippen molar-refractivity contribution in [3.05, 3.63) is 108 Å². The van der Waals surface area contributed by atoms with Gasteiger partial charge < -0.3 is 5.11 Å². The minimum absolute atomic E-state index is 0.560. The number of benzene rings is 3. The smallest absolute Gasteiger partial charge is 0.118 e. The van der Waals surface area contributed by atoms with Gasteiger partial charge >= 0.3 is 0 Å². The normalized spacial score (nSPS) is 13.1. The summed E-state index contributed by atoms with van der Waals surface area (Å²) in [5, 5.41) is 11.5. The average molecular weight is 328 g/mol. The van der Waals surface area contributed by atoms with E-state index < -0.39 is 5.60 Å². The molecule has 0 saturated carbocycles. The topological polar surface area (TPSA) is 20.2 Å². The first-order chi connectivity index (χ1) is 12.1. The monoisotopic (exact) mass is 328 g/mol. The van der Waals surface area contributed by atoms with Crippen LogP contribution in [-0.4, -0.2) is 5.11 Å². The number of hydrogen-bond acceptors (Lipinski definition) is 1. The summed E-state index contributed by atoms with van der Waals surface area (Å²) in [6.07, 6.45) is 2.65. The van der Waals surface area contributed by atoms with Crippen LogP contribution in [0.4, 0.5) is 0 Å². The first-order valence-electron chi connectivity index (χ1n) is 8.67. The van der Waals surface area contributed by atoms with Crippen LogP contribution < -0.4 is 0 Å². The molecule has 1 N–H and O–H groups in total. The molecule has 1 nitrogen and oxygen atoms in total. The third-order valence-corrected chi connectivity index (χ3v) is 4.53. The van der Waals surface area contributed by atoms with E-state index in [9.17, 15) is 5.11 Å². The predicted octanol–water partition coefficient (Wildman–Crippen LogP) is 5.95. The molecule has 3 aromatic carbocycles. The molecule has 0 aliphatic carbocycles. The van der Waals surface area contributed by atoms with E-state index >= 15 is 0 Å². The fraction of sp³-hybridized carbons (Fsp3) is 0.167. The van der Waals surface area contributed by atoms with Gasteiger partial charge in [-0.25, -0.2) is 0 Å². The van der Waals surface area contributed by atoms with Gasteiger partial charge in [-0.15, -0.1) is 0 Å². The van der Waals surface area contributed by atoms with Crippen molar-refractivity contribution in [3.8, 4) is 11.1 Å². The van der Waals surface area contributed by atoms with E-state index in [4.69, 9.17) is 0 Å². The molecule has 0 saturated heterocycles. The molecule has 3 aromatic rings. The van der Waals surface area contributed by atoms with E-state index in [-0.39, 0.29) is 0 Å². The van der Waals surface area contributed by atoms with Crippen molar-refractivity contribution >= 4 is 0 Å². The van der Waals surface area contributed by atoms with Gasteiger partial charge in [0.05, 0.1) is 0 Å². The zero-order chi connectivity index (χ0) is 17.7. The highest BCUT2D eigenvalue weighted by Gasteiger charge is 2.30. The summed E-state index contributed by atoms with van der Waals surface area (Å²) in [6, 6.07) is 28.4. The van der Waals surface area contributed by atoms with Gasteiger partial charge in [-0.05, 0) is 36.1 Å². The molecule has 0 amide bonds. The van der Waals surface area contributed by atoms with Crippen LogP contribution in [0.25, 0.3) is 11.1 Å². The number of rotatable bonds is 5. The number of hydrogen-bond donors (Lipinski definition) is 1. The lowest BCUT2D eigenvalue weighted by Gasteiger charge is -2.29. The Morgan fingerprint density at radius 1 is 0.720 bits per heavy atom. The molecule has 0 aliphatic rings. The van der Waals surface area contributed by atoms with Gasteiger partial charge in [-0.3, -0.25) is 0 Å². The molecule has 126 valence electrons. The van der Waals surface area contributed by atoms with Crippen LogP contribution in [0.3, 0.4) is 0 Å². The zero-order valence-corrected chi connectivity index (χ0v) is 14.8. The van der Waals surface area contributed by atoms with Crippen molar-refractivity contribution in [2.45, 2.75) is 25.9 Å². The molecule has 25 heavy (non-hydrogen) atoms. The van der Waals surface area contributed by atoms with Gasteiger partial charge in [0.15, 0.2) is 0 Å². The van der Waals surface area contributed by atoms with Crippen LogP contribution in [0.5, 0.6) is 0 Å². The fourth-order valence-corrected chi connectivity index (χ4v) is 3.04. The third-order valence-electron chi connectivity index (χ3n) is 4.53. The Balaban J connectivity index is 2.00. The molecule has 0 aromatic heterocycles. The molecule has 0 fully saturated rings. The molecule has 1 heteroatoms. The second-order valence-electron chi connectivity index (χ2n) is 6.66. The Labute approximate surface area is 150 Å². The Morgan fingerprint density at radius 2 is 1.20 bits per heavy atom. The van der Waals surface area contributed by atoms with Crippen molar-refractivity contribution < 1.29 is 5.11 Å². The molecular weight excluding hydrogens is 304 g/mol. The minimum Gasteiger partial charge on any atom is -0.380 e. The van der Waals surface area contributed by atoms with Crippen LogP contribution in [0.1, 0.15) is 31.4 Å². The molecule has 0 radical (unpaired) electrons. The lowest BCUT2D eigenvalue weighted by atomic mass is 9.82. The number of allylic oxidation sites excluding steroid dienone is 1. The van der Waals surface area contributed by atoms with Crippen LogP contribution in [0, 0.1) is 0 Å². The first kappa shape index (κ1) is 17.2. The van der Waals surface area contributed by atoms with Crippen LogP contribution in [-0.2, 0) is 5.60 Å². The molecule has 1 atom stereocenters. The highest BCUT2D eigenvalue weighted by atomic mass is 16.3. The van der Waals surface area contributed by atoms with Gasteiger partial charge in [0.25, 0.3) is 0 Å². The second-order valence-corrected chi connectivity index (χ2v) is 6.66. The van der Waals surface area contributed by atoms with Crippen LogP contribution in [0.15, 0.2) is 96.6 Å². The molecule has 3 rings (SSSR count). The van der Waals surface area contributed by atoms with E-state index in [0.29, 0.717) is 6.42 Å². The summed E-state index contributed by atoms with van der Waals surface area (Å²) in [7, 11) is 0. The van der Waals surface area contributed by atoms with E-state index in [1.807, 2.05) is 60.7 Å². The minimum atomic E-state index is -1.02. The van der Waals surface area contributed by atoms with Crippen molar-refractivity contribution in [1.82, 2.24) is 0 Å². The summed E-state index contributed by atoms with van der Waals surface area (Å²) in [5.41, 5.74) is 4.35. The van der Waals surface area contributed by atoms with Crippen molar-refractivity contribution in [1.29, 1.82) is 0 Å². The van der Waals surface area contributed by atoms with E-state index in [1.54, 1.807) is 0 Å². The van der Waals surface area contributed by atoms with Crippen molar-refractivity contribution in [2.24, 2.45) is 0 Å². The maximum absolute atomic E-state index is 11.5. The van der Waals surface area contributed by atoms with Gasteiger partial charge in [0, 0.05) is 6.42 Å². The van der Waals surface area contributed by atoms with Gasteiger partial charge in [-0.2, -0.15) is 0 Å². The summed E-state index contributed by atoms with van der Waals surface area (Å²) in [5.74, 6) is 0. The van der Waals surface area contributed by atoms with E-state index in [0.717, 1.165) is 16.7 Å². The fourth-order valence-electron chi connectivity index (χ4n) is 3.04. The summed E-state index contributed by atoms with van der Waals surface area (Å²) in [6.45, 7) is 4.12. The summed E-state index contributed by atoms with van der Waals surface area (Å²) < 4.78 is 0. The Morgan fingerprint density at radius 3 is 1.76 bits per heavy atom. The molecule has 0 heterocycles. The Kier molecular flexibility index (Phi) is 5.16.